The van der Waals surface area contributed by atoms with Crippen LogP contribution in [0.15, 0.2) is 53.4 Å². The first-order chi connectivity index (χ1) is 14.9. The number of benzene rings is 2. The molecular weight excluding hydrogens is 416 g/mol. The number of thioether (sulfide) groups is 1. The van der Waals surface area contributed by atoms with E-state index in [0.717, 1.165) is 16.3 Å². The highest BCUT2D eigenvalue weighted by Crippen LogP contribution is 2.32. The number of rotatable bonds is 5. The van der Waals surface area contributed by atoms with Crippen molar-refractivity contribution in [3.8, 4) is 5.69 Å². The number of aromatic nitrogens is 2. The summed E-state index contributed by atoms with van der Waals surface area (Å²) in [5.41, 5.74) is 3.72. The summed E-state index contributed by atoms with van der Waals surface area (Å²) in [5.74, 6) is -0.884. The molecule has 1 aromatic heterocycles. The third-order valence-corrected chi connectivity index (χ3v) is 5.81. The van der Waals surface area contributed by atoms with Crippen molar-refractivity contribution in [2.24, 2.45) is 0 Å². The summed E-state index contributed by atoms with van der Waals surface area (Å²) in [6.45, 7) is 3.22. The van der Waals surface area contributed by atoms with Gasteiger partial charge in [-0.25, -0.2) is 9.48 Å². The van der Waals surface area contributed by atoms with Gasteiger partial charge in [-0.2, -0.15) is 5.10 Å². The van der Waals surface area contributed by atoms with E-state index in [1.165, 1.54) is 11.8 Å². The average molecular weight is 436 g/mol. The Morgan fingerprint density at radius 1 is 1.19 bits per heavy atom. The summed E-state index contributed by atoms with van der Waals surface area (Å²) in [6.07, 6.45) is 0. The van der Waals surface area contributed by atoms with Gasteiger partial charge in [0.2, 0.25) is 5.91 Å². The van der Waals surface area contributed by atoms with E-state index < -0.39 is 18.5 Å². The minimum atomic E-state index is -0.642. The third-order valence-electron chi connectivity index (χ3n) is 4.74. The molecule has 0 bridgehead atoms. The summed E-state index contributed by atoms with van der Waals surface area (Å²) in [4.78, 5) is 37.2. The maximum atomic E-state index is 12.4. The van der Waals surface area contributed by atoms with E-state index >= 15 is 0 Å². The Hall–Kier alpha value is -3.59. The number of ether oxygens (including phenoxy) is 1. The van der Waals surface area contributed by atoms with Crippen LogP contribution in [0.4, 0.5) is 11.4 Å². The molecule has 31 heavy (non-hydrogen) atoms. The molecule has 3 aromatic rings. The predicted octanol–water partition coefficient (Wildman–Crippen LogP) is 3.33. The number of nitrogens with zero attached hydrogens (tertiary/aromatic N) is 2. The van der Waals surface area contributed by atoms with Crippen LogP contribution in [0.25, 0.3) is 5.69 Å². The largest absolute Gasteiger partial charge is 0.452 e. The number of hydrogen-bond donors (Lipinski definition) is 2. The fraction of sp³-hybridized carbons (Fsp3) is 0.182. The van der Waals surface area contributed by atoms with Crippen LogP contribution in [0, 0.1) is 13.8 Å². The summed E-state index contributed by atoms with van der Waals surface area (Å²) in [7, 11) is 0. The van der Waals surface area contributed by atoms with E-state index in [2.05, 4.69) is 15.7 Å². The molecule has 0 saturated carbocycles. The lowest BCUT2D eigenvalue weighted by molar-refractivity contribution is -0.119. The molecule has 2 N–H and O–H groups in total. The molecule has 1 aliphatic rings. The Labute approximate surface area is 183 Å². The van der Waals surface area contributed by atoms with Crippen LogP contribution in [-0.4, -0.2) is 39.9 Å². The van der Waals surface area contributed by atoms with Crippen LogP contribution in [0.2, 0.25) is 0 Å². The molecule has 2 heterocycles. The van der Waals surface area contributed by atoms with Crippen LogP contribution < -0.4 is 10.6 Å². The predicted molar refractivity (Wildman–Crippen MR) is 118 cm³/mol. The van der Waals surface area contributed by atoms with Crippen molar-refractivity contribution in [1.29, 1.82) is 0 Å². The van der Waals surface area contributed by atoms with Gasteiger partial charge in [-0.15, -0.1) is 11.8 Å². The van der Waals surface area contributed by atoms with Crippen LogP contribution in [0.1, 0.15) is 21.7 Å². The average Bonchev–Trinajstić information content (AvgIpc) is 3.05. The number of nitrogens with one attached hydrogen (secondary N) is 2. The van der Waals surface area contributed by atoms with Gasteiger partial charge in [-0.05, 0) is 44.2 Å². The number of carbonyl (C=O) groups excluding carboxylic acids is 3. The van der Waals surface area contributed by atoms with Crippen molar-refractivity contribution in [1.82, 2.24) is 9.78 Å². The second-order valence-corrected chi connectivity index (χ2v) is 7.98. The standard InChI is InChI=1S/C22H20N4O4S/c1-13-21(14(2)26(25-13)16-6-4-3-5-7-16)24-19(27)11-30-22(29)15-8-9-18-17(10-15)23-20(28)12-31-18/h3-10H,11-12H2,1-2H3,(H,23,28)(H,24,27). The molecule has 0 saturated heterocycles. The van der Waals surface area contributed by atoms with Crippen LogP contribution >= 0.6 is 11.8 Å². The molecule has 8 nitrogen and oxygen atoms in total. The first-order valence-corrected chi connectivity index (χ1v) is 10.6. The Bertz CT molecular complexity index is 1170. The quantitative estimate of drug-likeness (QED) is 0.595. The lowest BCUT2D eigenvalue weighted by atomic mass is 10.2. The van der Waals surface area contributed by atoms with Crippen molar-refractivity contribution >= 4 is 40.9 Å². The van der Waals surface area contributed by atoms with Crippen molar-refractivity contribution < 1.29 is 19.1 Å². The molecule has 2 amide bonds. The lowest BCUT2D eigenvalue weighted by Crippen LogP contribution is -2.22. The molecule has 0 unspecified atom stereocenters. The van der Waals surface area contributed by atoms with Gasteiger partial charge in [0, 0.05) is 4.90 Å². The molecule has 158 valence electrons. The SMILES string of the molecule is Cc1nn(-c2ccccc2)c(C)c1NC(=O)COC(=O)c1ccc2c(c1)NC(=O)CS2. The number of fused-ring (bicyclic) bond motifs is 1. The number of anilines is 2. The zero-order valence-corrected chi connectivity index (χ0v) is 17.8. The highest BCUT2D eigenvalue weighted by atomic mass is 32.2. The Kier molecular flexibility index (Phi) is 5.77. The van der Waals surface area contributed by atoms with Crippen LogP contribution in [-0.2, 0) is 14.3 Å². The number of esters is 1. The fourth-order valence-corrected chi connectivity index (χ4v) is 4.03. The summed E-state index contributed by atoms with van der Waals surface area (Å²) in [6, 6.07) is 14.5. The minimum absolute atomic E-state index is 0.121. The van der Waals surface area contributed by atoms with Crippen LogP contribution in [0.3, 0.4) is 0 Å². The molecule has 9 heteroatoms. The molecule has 4 rings (SSSR count). The first kappa shape index (κ1) is 20.7. The van der Waals surface area contributed by atoms with Gasteiger partial charge in [0.05, 0.1) is 39.8 Å². The van der Waals surface area contributed by atoms with Crippen molar-refractivity contribution in [2.75, 3.05) is 23.0 Å². The fourth-order valence-electron chi connectivity index (χ4n) is 3.24. The highest BCUT2D eigenvalue weighted by Gasteiger charge is 2.19. The zero-order valence-electron chi connectivity index (χ0n) is 17.0. The molecule has 0 fully saturated rings. The minimum Gasteiger partial charge on any atom is -0.452 e. The molecule has 0 aliphatic carbocycles. The monoisotopic (exact) mass is 436 g/mol. The number of amides is 2. The third kappa shape index (κ3) is 4.46. The first-order valence-electron chi connectivity index (χ1n) is 9.57. The highest BCUT2D eigenvalue weighted by molar-refractivity contribution is 8.00. The van der Waals surface area contributed by atoms with Gasteiger partial charge in [0.1, 0.15) is 0 Å². The van der Waals surface area contributed by atoms with Gasteiger partial charge in [0.15, 0.2) is 6.61 Å². The maximum absolute atomic E-state index is 12.4. The molecule has 0 radical (unpaired) electrons. The zero-order chi connectivity index (χ0) is 22.0. The topological polar surface area (TPSA) is 102 Å². The van der Waals surface area contributed by atoms with Gasteiger partial charge in [0.25, 0.3) is 5.91 Å². The van der Waals surface area contributed by atoms with E-state index in [4.69, 9.17) is 4.74 Å². The number of aryl methyl sites for hydroxylation is 1. The summed E-state index contributed by atoms with van der Waals surface area (Å²) < 4.78 is 6.90. The Morgan fingerprint density at radius 2 is 1.97 bits per heavy atom. The molecule has 1 aliphatic heterocycles. The van der Waals surface area contributed by atoms with E-state index in [1.807, 2.05) is 37.3 Å². The van der Waals surface area contributed by atoms with E-state index in [0.29, 0.717) is 22.8 Å². The van der Waals surface area contributed by atoms with Gasteiger partial charge in [-0.3, -0.25) is 9.59 Å². The molecule has 0 spiro atoms. The smallest absolute Gasteiger partial charge is 0.338 e. The maximum Gasteiger partial charge on any atom is 0.338 e. The summed E-state index contributed by atoms with van der Waals surface area (Å²) in [5, 5.41) is 9.98. The lowest BCUT2D eigenvalue weighted by Gasteiger charge is -2.16. The second kappa shape index (κ2) is 8.65. The second-order valence-electron chi connectivity index (χ2n) is 6.97. The normalized spacial score (nSPS) is 12.6. The van der Waals surface area contributed by atoms with Crippen molar-refractivity contribution in [3.63, 3.8) is 0 Å². The molecule has 2 aromatic carbocycles. The van der Waals surface area contributed by atoms with Gasteiger partial charge in [-0.1, -0.05) is 18.2 Å². The molecular formula is C22H20N4O4S. The molecule has 0 atom stereocenters. The number of carbonyl (C=O) groups is 3. The van der Waals surface area contributed by atoms with E-state index in [9.17, 15) is 14.4 Å². The van der Waals surface area contributed by atoms with E-state index in [1.54, 1.807) is 29.8 Å². The van der Waals surface area contributed by atoms with Crippen LogP contribution in [0.5, 0.6) is 0 Å². The van der Waals surface area contributed by atoms with Gasteiger partial charge >= 0.3 is 5.97 Å². The number of para-hydroxylation sites is 1. The van der Waals surface area contributed by atoms with Crippen molar-refractivity contribution in [3.05, 3.63) is 65.5 Å². The Balaban J connectivity index is 1.40. The van der Waals surface area contributed by atoms with E-state index in [-0.39, 0.29) is 11.5 Å². The summed E-state index contributed by atoms with van der Waals surface area (Å²) >= 11 is 1.40. The van der Waals surface area contributed by atoms with Crippen molar-refractivity contribution in [2.45, 2.75) is 18.7 Å². The van der Waals surface area contributed by atoms with Gasteiger partial charge < -0.3 is 15.4 Å². The number of hydrogen-bond acceptors (Lipinski definition) is 6. The Morgan fingerprint density at radius 3 is 2.74 bits per heavy atom.